The summed E-state index contributed by atoms with van der Waals surface area (Å²) in [5, 5.41) is 6.72. The predicted octanol–water partition coefficient (Wildman–Crippen LogP) is 3.12. The lowest BCUT2D eigenvalue weighted by Gasteiger charge is -2.32. The first-order valence-electron chi connectivity index (χ1n) is 9.70. The van der Waals surface area contributed by atoms with Crippen LogP contribution in [-0.2, 0) is 4.79 Å². The molecule has 150 valence electrons. The van der Waals surface area contributed by atoms with Crippen molar-refractivity contribution in [3.63, 3.8) is 0 Å². The van der Waals surface area contributed by atoms with Crippen LogP contribution in [0.2, 0.25) is 0 Å². The summed E-state index contributed by atoms with van der Waals surface area (Å²) in [5.41, 5.74) is 0.908. The molecule has 0 unspecified atom stereocenters. The zero-order valence-electron chi connectivity index (χ0n) is 16.6. The molecular weight excluding hydrogens is 358 g/mol. The second-order valence-electron chi connectivity index (χ2n) is 7.39. The van der Waals surface area contributed by atoms with Gasteiger partial charge in [-0.2, -0.15) is 0 Å². The fraction of sp³-hybridized carbons (Fsp3) is 0.476. The van der Waals surface area contributed by atoms with Gasteiger partial charge < -0.3 is 19.5 Å². The zero-order chi connectivity index (χ0) is 20.1. The molecule has 0 aliphatic carbocycles. The third-order valence-corrected chi connectivity index (χ3v) is 4.98. The Morgan fingerprint density at radius 1 is 1.18 bits per heavy atom. The number of benzene rings is 1. The van der Waals surface area contributed by atoms with Crippen LogP contribution in [0.1, 0.15) is 43.6 Å². The van der Waals surface area contributed by atoms with Gasteiger partial charge in [0, 0.05) is 24.7 Å². The Bertz CT molecular complexity index is 825. The highest BCUT2D eigenvalue weighted by atomic mass is 16.5. The van der Waals surface area contributed by atoms with Crippen molar-refractivity contribution in [2.45, 2.75) is 39.2 Å². The van der Waals surface area contributed by atoms with E-state index in [2.05, 4.69) is 10.5 Å². The van der Waals surface area contributed by atoms with Crippen molar-refractivity contribution < 1.29 is 18.8 Å². The van der Waals surface area contributed by atoms with E-state index in [-0.39, 0.29) is 17.5 Å². The Morgan fingerprint density at radius 2 is 1.93 bits per heavy atom. The Balaban J connectivity index is 1.72. The summed E-state index contributed by atoms with van der Waals surface area (Å²) in [6, 6.07) is 8.31. The molecule has 3 rings (SSSR count). The molecule has 1 aromatic heterocycles. The Hall–Kier alpha value is -2.83. The van der Waals surface area contributed by atoms with E-state index in [1.807, 2.05) is 36.9 Å². The van der Waals surface area contributed by atoms with Gasteiger partial charge in [-0.3, -0.25) is 9.59 Å². The highest BCUT2D eigenvalue weighted by Gasteiger charge is 2.30. The first kappa shape index (κ1) is 19.9. The van der Waals surface area contributed by atoms with E-state index >= 15 is 0 Å². The van der Waals surface area contributed by atoms with Crippen LogP contribution in [0, 0.1) is 5.92 Å². The average molecular weight is 385 g/mol. The topological polar surface area (TPSA) is 84.7 Å². The lowest BCUT2D eigenvalue weighted by atomic mass is 10.0. The van der Waals surface area contributed by atoms with Crippen LogP contribution in [0.5, 0.6) is 5.75 Å². The van der Waals surface area contributed by atoms with Crippen LogP contribution in [0.15, 0.2) is 34.9 Å². The van der Waals surface area contributed by atoms with Crippen LogP contribution in [0.25, 0.3) is 11.3 Å². The summed E-state index contributed by atoms with van der Waals surface area (Å²) >= 11 is 0. The average Bonchev–Trinajstić information content (AvgIpc) is 3.22. The number of hydrogen-bond donors (Lipinski definition) is 1. The van der Waals surface area contributed by atoms with Gasteiger partial charge in [0.25, 0.3) is 5.91 Å². The number of aromatic nitrogens is 1. The van der Waals surface area contributed by atoms with Crippen molar-refractivity contribution in [2.75, 3.05) is 20.2 Å². The monoisotopic (exact) mass is 385 g/mol. The minimum Gasteiger partial charge on any atom is -0.497 e. The molecule has 7 heteroatoms. The first-order chi connectivity index (χ1) is 13.5. The van der Waals surface area contributed by atoms with Crippen LogP contribution in [0.4, 0.5) is 0 Å². The molecule has 1 aliphatic heterocycles. The van der Waals surface area contributed by atoms with Crippen LogP contribution in [-0.4, -0.2) is 48.1 Å². The van der Waals surface area contributed by atoms with Crippen molar-refractivity contribution in [1.82, 2.24) is 15.4 Å². The second kappa shape index (κ2) is 8.91. The minimum absolute atomic E-state index is 0.0249. The molecule has 1 aromatic carbocycles. The van der Waals surface area contributed by atoms with E-state index in [9.17, 15) is 9.59 Å². The van der Waals surface area contributed by atoms with Gasteiger partial charge in [0.1, 0.15) is 11.8 Å². The van der Waals surface area contributed by atoms with Gasteiger partial charge in [-0.1, -0.05) is 31.1 Å². The van der Waals surface area contributed by atoms with Crippen LogP contribution < -0.4 is 10.1 Å². The quantitative estimate of drug-likeness (QED) is 0.826. The van der Waals surface area contributed by atoms with E-state index in [0.29, 0.717) is 11.5 Å². The molecule has 0 radical (unpaired) electrons. The summed E-state index contributed by atoms with van der Waals surface area (Å²) in [5.74, 6) is 0.684. The number of carbonyl (C=O) groups is 2. The van der Waals surface area contributed by atoms with Gasteiger partial charge in [-0.05, 0) is 37.3 Å². The summed E-state index contributed by atoms with van der Waals surface area (Å²) in [6.45, 7) is 5.36. The summed E-state index contributed by atoms with van der Waals surface area (Å²) in [6.07, 6.45) is 3.17. The van der Waals surface area contributed by atoms with Gasteiger partial charge in [-0.15, -0.1) is 0 Å². The molecular formula is C21H27N3O4. The normalized spacial score (nSPS) is 15.4. The van der Waals surface area contributed by atoms with Crippen LogP contribution >= 0.6 is 0 Å². The highest BCUT2D eigenvalue weighted by molar-refractivity contribution is 5.96. The lowest BCUT2D eigenvalue weighted by Crippen LogP contribution is -2.52. The fourth-order valence-corrected chi connectivity index (χ4v) is 3.33. The molecule has 28 heavy (non-hydrogen) atoms. The van der Waals surface area contributed by atoms with Crippen LogP contribution in [0.3, 0.4) is 0 Å². The molecule has 1 atom stereocenters. The number of rotatable bonds is 6. The second-order valence-corrected chi connectivity index (χ2v) is 7.39. The molecule has 0 spiro atoms. The standard InChI is InChI=1S/C21H27N3O4/c1-14(2)19(21(26)24-10-5-4-6-11-24)22-20(25)17-13-18(28-23-17)15-8-7-9-16(12-15)27-3/h7-9,12-14,19H,4-6,10-11H2,1-3H3,(H,22,25)/t19-/m0/s1. The molecule has 7 nitrogen and oxygen atoms in total. The summed E-state index contributed by atoms with van der Waals surface area (Å²) in [7, 11) is 1.59. The van der Waals surface area contributed by atoms with Crippen molar-refractivity contribution in [3.05, 3.63) is 36.0 Å². The Kier molecular flexibility index (Phi) is 6.34. The number of piperidine rings is 1. The van der Waals surface area contributed by atoms with E-state index in [0.717, 1.165) is 37.9 Å². The third kappa shape index (κ3) is 4.52. The fourth-order valence-electron chi connectivity index (χ4n) is 3.33. The van der Waals surface area contributed by atoms with Crippen molar-refractivity contribution in [1.29, 1.82) is 0 Å². The number of ether oxygens (including phenoxy) is 1. The van der Waals surface area contributed by atoms with E-state index in [4.69, 9.17) is 9.26 Å². The van der Waals surface area contributed by atoms with Crippen molar-refractivity contribution >= 4 is 11.8 Å². The number of nitrogens with one attached hydrogen (secondary N) is 1. The molecule has 1 saturated heterocycles. The van der Waals surface area contributed by atoms with Crippen molar-refractivity contribution in [3.8, 4) is 17.1 Å². The number of carbonyl (C=O) groups excluding carboxylic acids is 2. The Labute approximate surface area is 165 Å². The molecule has 2 amide bonds. The molecule has 2 heterocycles. The van der Waals surface area contributed by atoms with Gasteiger partial charge >= 0.3 is 0 Å². The Morgan fingerprint density at radius 3 is 2.61 bits per heavy atom. The van der Waals surface area contributed by atoms with Crippen molar-refractivity contribution in [2.24, 2.45) is 5.92 Å². The molecule has 1 N–H and O–H groups in total. The molecule has 1 fully saturated rings. The first-order valence-corrected chi connectivity index (χ1v) is 9.70. The summed E-state index contributed by atoms with van der Waals surface area (Å²) in [4.78, 5) is 27.4. The largest absolute Gasteiger partial charge is 0.497 e. The highest BCUT2D eigenvalue weighted by Crippen LogP contribution is 2.24. The maximum absolute atomic E-state index is 12.9. The van der Waals surface area contributed by atoms with Gasteiger partial charge in [0.2, 0.25) is 5.91 Å². The van der Waals surface area contributed by atoms with Gasteiger partial charge in [-0.25, -0.2) is 0 Å². The molecule has 1 aliphatic rings. The number of likely N-dealkylation sites (tertiary alicyclic amines) is 1. The number of amides is 2. The molecule has 0 saturated carbocycles. The minimum atomic E-state index is -0.581. The summed E-state index contributed by atoms with van der Waals surface area (Å²) < 4.78 is 10.5. The van der Waals surface area contributed by atoms with Gasteiger partial charge in [0.05, 0.1) is 7.11 Å². The maximum atomic E-state index is 12.9. The molecule has 0 bridgehead atoms. The molecule has 2 aromatic rings. The van der Waals surface area contributed by atoms with Gasteiger partial charge in [0.15, 0.2) is 11.5 Å². The smallest absolute Gasteiger partial charge is 0.274 e. The van der Waals surface area contributed by atoms with E-state index in [1.165, 1.54) is 0 Å². The number of nitrogens with zero attached hydrogens (tertiary/aromatic N) is 2. The lowest BCUT2D eigenvalue weighted by molar-refractivity contribution is -0.135. The third-order valence-electron chi connectivity index (χ3n) is 4.98. The SMILES string of the molecule is COc1cccc(-c2cc(C(=O)N[C@H](C(=O)N3CCCCC3)C(C)C)no2)c1. The zero-order valence-corrected chi connectivity index (χ0v) is 16.6. The van der Waals surface area contributed by atoms with E-state index < -0.39 is 11.9 Å². The number of hydrogen-bond acceptors (Lipinski definition) is 5. The predicted molar refractivity (Wildman–Crippen MR) is 105 cm³/mol. The number of methoxy groups -OCH3 is 1. The van der Waals surface area contributed by atoms with E-state index in [1.54, 1.807) is 19.2 Å². The maximum Gasteiger partial charge on any atom is 0.274 e.